The van der Waals surface area contributed by atoms with Gasteiger partial charge in [0.25, 0.3) is 0 Å². The molecular weight excluding hydrogens is 354 g/mol. The van der Waals surface area contributed by atoms with Crippen molar-refractivity contribution < 1.29 is 23.5 Å². The van der Waals surface area contributed by atoms with Gasteiger partial charge in [-0.25, -0.2) is 8.78 Å². The van der Waals surface area contributed by atoms with Crippen LogP contribution < -0.4 is 10.6 Å². The Morgan fingerprint density at radius 3 is 2.32 bits per heavy atom. The van der Waals surface area contributed by atoms with Gasteiger partial charge in [-0.15, -0.1) is 0 Å². The third kappa shape index (κ3) is 4.52. The number of nitrogens with one attached hydrogen (secondary N) is 2. The minimum atomic E-state index is -1.30. The normalized spacial score (nSPS) is 13.0. The van der Waals surface area contributed by atoms with Crippen LogP contribution in [0.5, 0.6) is 0 Å². The maximum absolute atomic E-state index is 13.4. The Labute approximate surface area is 147 Å². The summed E-state index contributed by atoms with van der Waals surface area (Å²) in [6.07, 6.45) is 0. The lowest BCUT2D eigenvalue weighted by Gasteiger charge is -2.29. The molecule has 2 aromatic carbocycles. The number of rotatable bonds is 4. The Morgan fingerprint density at radius 2 is 1.76 bits per heavy atom. The molecule has 25 heavy (non-hydrogen) atoms. The Morgan fingerprint density at radius 1 is 1.12 bits per heavy atom. The van der Waals surface area contributed by atoms with E-state index < -0.39 is 35.6 Å². The van der Waals surface area contributed by atoms with Crippen LogP contribution >= 0.6 is 11.6 Å². The molecule has 0 aliphatic heterocycles. The lowest BCUT2D eigenvalue weighted by molar-refractivity contribution is -0.137. The average Bonchev–Trinajstić information content (AvgIpc) is 2.58. The molecule has 0 spiro atoms. The smallest absolute Gasteiger partial charge is 0.313 e. The molecule has 5 nitrogen and oxygen atoms in total. The van der Waals surface area contributed by atoms with Crippen LogP contribution in [0.4, 0.5) is 14.5 Å². The van der Waals surface area contributed by atoms with Gasteiger partial charge in [-0.3, -0.25) is 9.59 Å². The van der Waals surface area contributed by atoms with Crippen LogP contribution in [0.15, 0.2) is 42.5 Å². The molecule has 8 heteroatoms. The maximum atomic E-state index is 13.4. The molecule has 0 fully saturated rings. The van der Waals surface area contributed by atoms with Crippen molar-refractivity contribution in [3.63, 3.8) is 0 Å². The topological polar surface area (TPSA) is 78.4 Å². The molecule has 0 heterocycles. The molecule has 0 aromatic heterocycles. The molecule has 0 saturated carbocycles. The fourth-order valence-electron chi connectivity index (χ4n) is 2.09. The van der Waals surface area contributed by atoms with Crippen molar-refractivity contribution >= 4 is 29.1 Å². The number of amides is 2. The fourth-order valence-corrected chi connectivity index (χ4v) is 2.21. The minimum Gasteiger partial charge on any atom is -0.394 e. The van der Waals surface area contributed by atoms with E-state index >= 15 is 0 Å². The van der Waals surface area contributed by atoms with Crippen molar-refractivity contribution in [2.45, 2.75) is 12.5 Å². The van der Waals surface area contributed by atoms with Crippen molar-refractivity contribution in [2.24, 2.45) is 0 Å². The summed E-state index contributed by atoms with van der Waals surface area (Å²) in [6, 6.07) is 8.66. The van der Waals surface area contributed by atoms with E-state index in [0.29, 0.717) is 5.56 Å². The highest BCUT2D eigenvalue weighted by Crippen LogP contribution is 2.21. The number of hydrogen-bond acceptors (Lipinski definition) is 3. The lowest BCUT2D eigenvalue weighted by Crippen LogP contribution is -2.50. The van der Waals surface area contributed by atoms with Gasteiger partial charge in [-0.05, 0) is 42.8 Å². The second-order valence-corrected chi connectivity index (χ2v) is 5.94. The molecule has 2 rings (SSSR count). The molecule has 2 amide bonds. The Kier molecular flexibility index (Phi) is 5.71. The second-order valence-electron chi connectivity index (χ2n) is 5.53. The maximum Gasteiger partial charge on any atom is 0.313 e. The zero-order chi connectivity index (χ0) is 18.6. The van der Waals surface area contributed by atoms with E-state index in [0.717, 1.165) is 6.07 Å². The SMILES string of the molecule is CC(CO)(NC(=O)C(=O)Nc1ccc(Cl)c(F)c1)c1ccc(F)cc1. The van der Waals surface area contributed by atoms with E-state index in [1.165, 1.54) is 43.3 Å². The second kappa shape index (κ2) is 7.58. The van der Waals surface area contributed by atoms with Crippen LogP contribution in [0.3, 0.4) is 0 Å². The number of carbonyl (C=O) groups is 2. The number of carbonyl (C=O) groups excluding carboxylic acids is 2. The first-order chi connectivity index (χ1) is 11.7. The van der Waals surface area contributed by atoms with E-state index in [4.69, 9.17) is 11.6 Å². The van der Waals surface area contributed by atoms with Gasteiger partial charge in [-0.2, -0.15) is 0 Å². The summed E-state index contributed by atoms with van der Waals surface area (Å²) >= 11 is 5.54. The van der Waals surface area contributed by atoms with Gasteiger partial charge in [0.2, 0.25) is 0 Å². The number of benzene rings is 2. The van der Waals surface area contributed by atoms with Crippen molar-refractivity contribution in [1.29, 1.82) is 0 Å². The Bertz CT molecular complexity index is 799. The van der Waals surface area contributed by atoms with Crippen LogP contribution in [-0.4, -0.2) is 23.5 Å². The van der Waals surface area contributed by atoms with E-state index in [2.05, 4.69) is 10.6 Å². The van der Waals surface area contributed by atoms with E-state index in [9.17, 15) is 23.5 Å². The monoisotopic (exact) mass is 368 g/mol. The van der Waals surface area contributed by atoms with Crippen LogP contribution in [0, 0.1) is 11.6 Å². The molecule has 0 radical (unpaired) electrons. The first-order valence-corrected chi connectivity index (χ1v) is 7.58. The average molecular weight is 369 g/mol. The van der Waals surface area contributed by atoms with Crippen molar-refractivity contribution in [3.05, 3.63) is 64.7 Å². The van der Waals surface area contributed by atoms with E-state index in [1.54, 1.807) is 0 Å². The summed E-state index contributed by atoms with van der Waals surface area (Å²) in [5, 5.41) is 14.1. The van der Waals surface area contributed by atoms with Gasteiger partial charge in [0, 0.05) is 5.69 Å². The predicted octanol–water partition coefficient (Wildman–Crippen LogP) is 2.58. The van der Waals surface area contributed by atoms with Gasteiger partial charge in [0.1, 0.15) is 11.6 Å². The summed E-state index contributed by atoms with van der Waals surface area (Å²) in [7, 11) is 0. The Hall–Kier alpha value is -2.51. The Balaban J connectivity index is 2.11. The number of aliphatic hydroxyl groups excluding tert-OH is 1. The molecular formula is C17H15ClF2N2O3. The minimum absolute atomic E-state index is 0.0505. The quantitative estimate of drug-likeness (QED) is 0.726. The highest BCUT2D eigenvalue weighted by Gasteiger charge is 2.30. The molecule has 0 bridgehead atoms. The third-order valence-corrected chi connectivity index (χ3v) is 3.88. The molecule has 0 aliphatic carbocycles. The first-order valence-electron chi connectivity index (χ1n) is 7.20. The van der Waals surface area contributed by atoms with E-state index in [-0.39, 0.29) is 10.7 Å². The zero-order valence-electron chi connectivity index (χ0n) is 13.1. The number of halogens is 3. The fraction of sp³-hybridized carbons (Fsp3) is 0.176. The molecule has 132 valence electrons. The van der Waals surface area contributed by atoms with Gasteiger partial charge in [-0.1, -0.05) is 23.7 Å². The molecule has 0 aliphatic rings. The van der Waals surface area contributed by atoms with Crippen LogP contribution in [-0.2, 0) is 15.1 Å². The predicted molar refractivity (Wildman–Crippen MR) is 89.0 cm³/mol. The largest absolute Gasteiger partial charge is 0.394 e. The standard InChI is InChI=1S/C17H15ClF2N2O3/c1-17(9-23,10-2-4-11(19)5-3-10)22-16(25)15(24)21-12-6-7-13(18)14(20)8-12/h2-8,23H,9H2,1H3,(H,21,24)(H,22,25). The van der Waals surface area contributed by atoms with Gasteiger partial charge in [0.15, 0.2) is 0 Å². The number of aliphatic hydroxyl groups is 1. The summed E-state index contributed by atoms with van der Waals surface area (Å²) in [5.41, 5.74) is -0.836. The first kappa shape index (κ1) is 18.8. The molecule has 2 aromatic rings. The molecule has 0 saturated heterocycles. The number of anilines is 1. The summed E-state index contributed by atoms with van der Waals surface area (Å²) in [4.78, 5) is 24.1. The molecule has 1 unspecified atom stereocenters. The summed E-state index contributed by atoms with van der Waals surface area (Å²) in [5.74, 6) is -3.32. The van der Waals surface area contributed by atoms with Crippen LogP contribution in [0.2, 0.25) is 5.02 Å². The highest BCUT2D eigenvalue weighted by atomic mass is 35.5. The van der Waals surface area contributed by atoms with Crippen molar-refractivity contribution in [1.82, 2.24) is 5.32 Å². The number of hydrogen-bond donors (Lipinski definition) is 3. The third-order valence-electron chi connectivity index (χ3n) is 3.57. The van der Waals surface area contributed by atoms with E-state index in [1.807, 2.05) is 0 Å². The van der Waals surface area contributed by atoms with Gasteiger partial charge < -0.3 is 15.7 Å². The molecule has 1 atom stereocenters. The van der Waals surface area contributed by atoms with Crippen molar-refractivity contribution in [3.8, 4) is 0 Å². The van der Waals surface area contributed by atoms with Gasteiger partial charge in [0.05, 0.1) is 17.2 Å². The lowest BCUT2D eigenvalue weighted by atomic mass is 9.92. The summed E-state index contributed by atoms with van der Waals surface area (Å²) < 4.78 is 26.4. The van der Waals surface area contributed by atoms with Crippen molar-refractivity contribution in [2.75, 3.05) is 11.9 Å². The van der Waals surface area contributed by atoms with Crippen LogP contribution in [0.1, 0.15) is 12.5 Å². The van der Waals surface area contributed by atoms with Gasteiger partial charge >= 0.3 is 11.8 Å². The highest BCUT2D eigenvalue weighted by molar-refractivity contribution is 6.39. The zero-order valence-corrected chi connectivity index (χ0v) is 13.9. The summed E-state index contributed by atoms with van der Waals surface area (Å²) in [6.45, 7) is 0.959. The van der Waals surface area contributed by atoms with Crippen LogP contribution in [0.25, 0.3) is 0 Å². The molecule has 3 N–H and O–H groups in total.